The molecule has 5 heteroatoms. The van der Waals surface area contributed by atoms with Gasteiger partial charge in [0.05, 0.1) is 12.2 Å². The third-order valence-corrected chi connectivity index (χ3v) is 3.06. The summed E-state index contributed by atoms with van der Waals surface area (Å²) < 4.78 is 13.7. The maximum Gasteiger partial charge on any atom is 0.146 e. The highest BCUT2D eigenvalue weighted by molar-refractivity contribution is 6.30. The molecule has 0 amide bonds. The van der Waals surface area contributed by atoms with Gasteiger partial charge in [-0.25, -0.2) is 9.82 Å². The lowest BCUT2D eigenvalue weighted by Gasteiger charge is -2.19. The first-order valence-electron chi connectivity index (χ1n) is 5.45. The lowest BCUT2D eigenvalue weighted by molar-refractivity contribution is 0.554. The zero-order valence-corrected chi connectivity index (χ0v) is 10.6. The molecule has 0 bridgehead atoms. The zero-order chi connectivity index (χ0) is 13.1. The van der Waals surface area contributed by atoms with Gasteiger partial charge >= 0.3 is 0 Å². The Hall–Kier alpha value is -1.49. The summed E-state index contributed by atoms with van der Waals surface area (Å²) in [5, 5.41) is 0.641. The number of hydrazine groups is 1. The van der Waals surface area contributed by atoms with Crippen LogP contribution < -0.4 is 11.3 Å². The SMILES string of the molecule is Cc1cc(Cl)ccc1C(NN)c1ccncc1F. The van der Waals surface area contributed by atoms with Crippen LogP contribution >= 0.6 is 11.6 Å². The van der Waals surface area contributed by atoms with Gasteiger partial charge in [-0.3, -0.25) is 10.8 Å². The van der Waals surface area contributed by atoms with Crippen LogP contribution in [0.5, 0.6) is 0 Å². The molecule has 0 aliphatic heterocycles. The van der Waals surface area contributed by atoms with Crippen LogP contribution in [-0.2, 0) is 0 Å². The molecule has 0 spiro atoms. The van der Waals surface area contributed by atoms with E-state index in [1.807, 2.05) is 19.1 Å². The summed E-state index contributed by atoms with van der Waals surface area (Å²) in [5.74, 6) is 5.15. The van der Waals surface area contributed by atoms with Gasteiger partial charge in [0, 0.05) is 16.8 Å². The third-order valence-electron chi connectivity index (χ3n) is 2.82. The number of hydrogen-bond donors (Lipinski definition) is 2. The van der Waals surface area contributed by atoms with Crippen LogP contribution in [0.25, 0.3) is 0 Å². The zero-order valence-electron chi connectivity index (χ0n) is 9.82. The topological polar surface area (TPSA) is 50.9 Å². The fraction of sp³-hybridized carbons (Fsp3) is 0.154. The molecule has 0 saturated heterocycles. The molecule has 0 aliphatic carbocycles. The highest BCUT2D eigenvalue weighted by Crippen LogP contribution is 2.27. The van der Waals surface area contributed by atoms with E-state index in [0.717, 1.165) is 11.1 Å². The number of nitrogens with one attached hydrogen (secondary N) is 1. The maximum absolute atomic E-state index is 13.7. The number of aryl methyl sites for hydroxylation is 1. The molecule has 3 nitrogen and oxygen atoms in total. The van der Waals surface area contributed by atoms with E-state index >= 15 is 0 Å². The molecule has 3 N–H and O–H groups in total. The van der Waals surface area contributed by atoms with Gasteiger partial charge in [-0.1, -0.05) is 17.7 Å². The van der Waals surface area contributed by atoms with Crippen molar-refractivity contribution in [2.24, 2.45) is 5.84 Å². The Morgan fingerprint density at radius 2 is 2.11 bits per heavy atom. The first-order valence-corrected chi connectivity index (χ1v) is 5.83. The van der Waals surface area contributed by atoms with E-state index in [1.54, 1.807) is 12.1 Å². The summed E-state index contributed by atoms with van der Waals surface area (Å²) in [6.45, 7) is 1.91. The number of hydrogen-bond acceptors (Lipinski definition) is 3. The largest absolute Gasteiger partial charge is 0.271 e. The molecule has 1 aromatic heterocycles. The van der Waals surface area contributed by atoms with E-state index in [4.69, 9.17) is 17.4 Å². The fourth-order valence-electron chi connectivity index (χ4n) is 1.93. The number of pyridine rings is 1. The van der Waals surface area contributed by atoms with E-state index < -0.39 is 11.9 Å². The summed E-state index contributed by atoms with van der Waals surface area (Å²) in [6, 6.07) is 6.59. The summed E-state index contributed by atoms with van der Waals surface area (Å²) in [5.41, 5.74) is 4.91. The van der Waals surface area contributed by atoms with Gasteiger partial charge in [-0.2, -0.15) is 0 Å². The lowest BCUT2D eigenvalue weighted by Crippen LogP contribution is -2.30. The summed E-state index contributed by atoms with van der Waals surface area (Å²) in [6.07, 6.45) is 2.71. The van der Waals surface area contributed by atoms with Crippen LogP contribution in [0.15, 0.2) is 36.7 Å². The van der Waals surface area contributed by atoms with Crippen LogP contribution in [0.2, 0.25) is 5.02 Å². The second-order valence-electron chi connectivity index (χ2n) is 4.00. The Labute approximate surface area is 110 Å². The second-order valence-corrected chi connectivity index (χ2v) is 4.43. The molecule has 94 valence electrons. The number of aromatic nitrogens is 1. The van der Waals surface area contributed by atoms with Crippen molar-refractivity contribution in [2.75, 3.05) is 0 Å². The first-order chi connectivity index (χ1) is 8.63. The van der Waals surface area contributed by atoms with Gasteiger partial charge in [0.2, 0.25) is 0 Å². The molecule has 1 atom stereocenters. The maximum atomic E-state index is 13.7. The van der Waals surface area contributed by atoms with Gasteiger partial charge in [0.1, 0.15) is 5.82 Å². The van der Waals surface area contributed by atoms with Gasteiger partial charge in [0.25, 0.3) is 0 Å². The molecular formula is C13H13ClFN3. The van der Waals surface area contributed by atoms with Crippen molar-refractivity contribution in [1.29, 1.82) is 0 Å². The quantitative estimate of drug-likeness (QED) is 0.663. The standard InChI is InChI=1S/C13H13ClFN3/c1-8-6-9(14)2-3-10(8)13(18-16)11-4-5-17-7-12(11)15/h2-7,13,18H,16H2,1H3. The van der Waals surface area contributed by atoms with Gasteiger partial charge in [-0.15, -0.1) is 0 Å². The van der Waals surface area contributed by atoms with Crippen molar-refractivity contribution in [3.8, 4) is 0 Å². The molecule has 2 aromatic rings. The Balaban J connectivity index is 2.49. The monoisotopic (exact) mass is 265 g/mol. The average molecular weight is 266 g/mol. The Bertz CT molecular complexity index is 560. The molecule has 0 saturated carbocycles. The molecule has 1 unspecified atom stereocenters. The highest BCUT2D eigenvalue weighted by atomic mass is 35.5. The summed E-state index contributed by atoms with van der Waals surface area (Å²) in [4.78, 5) is 3.73. The van der Waals surface area contributed by atoms with E-state index in [-0.39, 0.29) is 0 Å². The average Bonchev–Trinajstić information content (AvgIpc) is 2.34. The van der Waals surface area contributed by atoms with Crippen LogP contribution in [0.3, 0.4) is 0 Å². The molecule has 1 heterocycles. The minimum absolute atomic E-state index is 0.394. The van der Waals surface area contributed by atoms with E-state index in [1.165, 1.54) is 12.4 Å². The van der Waals surface area contributed by atoms with Crippen molar-refractivity contribution in [1.82, 2.24) is 10.4 Å². The third kappa shape index (κ3) is 2.51. The Kier molecular flexibility index (Phi) is 3.91. The molecule has 0 aliphatic rings. The second kappa shape index (κ2) is 5.44. The van der Waals surface area contributed by atoms with Crippen molar-refractivity contribution < 1.29 is 4.39 Å². The number of rotatable bonds is 3. The van der Waals surface area contributed by atoms with Crippen molar-refractivity contribution in [3.63, 3.8) is 0 Å². The van der Waals surface area contributed by atoms with Gasteiger partial charge in [-0.05, 0) is 36.2 Å². The lowest BCUT2D eigenvalue weighted by atomic mass is 9.96. The minimum Gasteiger partial charge on any atom is -0.271 e. The molecular weight excluding hydrogens is 253 g/mol. The van der Waals surface area contributed by atoms with Gasteiger partial charge in [0.15, 0.2) is 0 Å². The predicted octanol–water partition coefficient (Wildman–Crippen LogP) is 2.74. The fourth-order valence-corrected chi connectivity index (χ4v) is 2.16. The highest BCUT2D eigenvalue weighted by Gasteiger charge is 2.18. The number of nitrogens with zero attached hydrogens (tertiary/aromatic N) is 1. The van der Waals surface area contributed by atoms with E-state index in [2.05, 4.69) is 10.4 Å². The number of halogens is 2. The molecule has 1 aromatic carbocycles. The van der Waals surface area contributed by atoms with E-state index in [9.17, 15) is 4.39 Å². The molecule has 0 fully saturated rings. The summed E-state index contributed by atoms with van der Waals surface area (Å²) >= 11 is 5.91. The smallest absolute Gasteiger partial charge is 0.146 e. The molecule has 0 radical (unpaired) electrons. The molecule has 2 rings (SSSR count). The number of benzene rings is 1. The Morgan fingerprint density at radius 3 is 2.72 bits per heavy atom. The van der Waals surface area contributed by atoms with Gasteiger partial charge < -0.3 is 0 Å². The number of nitrogens with two attached hydrogens (primary N) is 1. The minimum atomic E-state index is -0.426. The van der Waals surface area contributed by atoms with Crippen LogP contribution in [-0.4, -0.2) is 4.98 Å². The van der Waals surface area contributed by atoms with E-state index in [0.29, 0.717) is 10.6 Å². The molecule has 18 heavy (non-hydrogen) atoms. The Morgan fingerprint density at radius 1 is 1.33 bits per heavy atom. The first kappa shape index (κ1) is 13.0. The van der Waals surface area contributed by atoms with Crippen molar-refractivity contribution in [3.05, 3.63) is 64.2 Å². The summed E-state index contributed by atoms with van der Waals surface area (Å²) in [7, 11) is 0. The van der Waals surface area contributed by atoms with Crippen LogP contribution in [0, 0.1) is 12.7 Å². The normalized spacial score (nSPS) is 12.4. The van der Waals surface area contributed by atoms with Crippen LogP contribution in [0.4, 0.5) is 4.39 Å². The van der Waals surface area contributed by atoms with Crippen molar-refractivity contribution in [2.45, 2.75) is 13.0 Å². The van der Waals surface area contributed by atoms with Crippen molar-refractivity contribution >= 4 is 11.6 Å². The van der Waals surface area contributed by atoms with Crippen LogP contribution in [0.1, 0.15) is 22.7 Å². The predicted molar refractivity (Wildman–Crippen MR) is 69.6 cm³/mol.